The van der Waals surface area contributed by atoms with Crippen molar-refractivity contribution in [3.05, 3.63) is 197 Å². The van der Waals surface area contributed by atoms with Crippen LogP contribution in [0.3, 0.4) is 0 Å². The number of nitrogens with zero attached hydrogens (tertiary/aromatic N) is 4. The van der Waals surface area contributed by atoms with Crippen LogP contribution in [0.4, 0.5) is 0 Å². The van der Waals surface area contributed by atoms with Crippen molar-refractivity contribution in [2.45, 2.75) is 32.1 Å². The van der Waals surface area contributed by atoms with Gasteiger partial charge >= 0.3 is 0 Å². The number of aromatic nitrogens is 4. The lowest BCUT2D eigenvalue weighted by Crippen LogP contribution is -2.23. The summed E-state index contributed by atoms with van der Waals surface area (Å²) in [7, 11) is 4.26. The Hall–Kier alpha value is -6.52. The molecule has 0 N–H and O–H groups in total. The second-order valence-corrected chi connectivity index (χ2v) is 15.8. The van der Waals surface area contributed by atoms with Crippen molar-refractivity contribution in [3.63, 3.8) is 0 Å². The summed E-state index contributed by atoms with van der Waals surface area (Å²) in [6.07, 6.45) is 15.5. The Balaban J connectivity index is 1.20. The molecule has 0 saturated carbocycles. The molecule has 4 heteroatoms. The van der Waals surface area contributed by atoms with Gasteiger partial charge in [-0.15, -0.1) is 0 Å². The number of benzene rings is 6. The first kappa shape index (κ1) is 32.9. The molecule has 0 amide bonds. The van der Waals surface area contributed by atoms with Gasteiger partial charge in [0.25, 0.3) is 0 Å². The number of rotatable bonds is 4. The van der Waals surface area contributed by atoms with E-state index >= 15 is 0 Å². The monoisotopic (exact) mass is 722 g/mol. The van der Waals surface area contributed by atoms with Crippen molar-refractivity contribution in [1.29, 1.82) is 0 Å². The molecule has 0 aliphatic heterocycles. The molecule has 3 aliphatic carbocycles. The third-order valence-electron chi connectivity index (χ3n) is 12.9. The van der Waals surface area contributed by atoms with Gasteiger partial charge in [0, 0.05) is 31.8 Å². The molecule has 3 unspecified atom stereocenters. The van der Waals surface area contributed by atoms with E-state index in [9.17, 15) is 0 Å². The van der Waals surface area contributed by atoms with E-state index in [1.807, 2.05) is 0 Å². The molecule has 270 valence electrons. The van der Waals surface area contributed by atoms with Crippen molar-refractivity contribution < 1.29 is 0 Å². The number of aryl methyl sites for hydroxylation is 4. The number of allylic oxidation sites excluding steroid dienone is 10. The third kappa shape index (κ3) is 4.85. The first-order chi connectivity index (χ1) is 27.4. The second-order valence-electron chi connectivity index (χ2n) is 15.8. The summed E-state index contributed by atoms with van der Waals surface area (Å²) in [6, 6.07) is 42.9. The number of hydrogen-bond acceptors (Lipinski definition) is 2. The molecular formula is C52H42N4. The Labute approximate surface area is 327 Å². The lowest BCUT2D eigenvalue weighted by molar-refractivity contribution is 0.654. The fourth-order valence-corrected chi connectivity index (χ4v) is 9.97. The molecule has 2 heterocycles. The van der Waals surface area contributed by atoms with Crippen LogP contribution in [0.1, 0.15) is 46.6 Å². The zero-order chi connectivity index (χ0) is 37.7. The lowest BCUT2D eigenvalue weighted by Gasteiger charge is -2.39. The van der Waals surface area contributed by atoms with E-state index in [0.29, 0.717) is 0 Å². The zero-order valence-electron chi connectivity index (χ0n) is 32.2. The number of hydrogen-bond donors (Lipinski definition) is 0. The van der Waals surface area contributed by atoms with Gasteiger partial charge in [-0.1, -0.05) is 127 Å². The van der Waals surface area contributed by atoms with Crippen LogP contribution in [-0.4, -0.2) is 19.1 Å². The van der Waals surface area contributed by atoms with Gasteiger partial charge in [0.05, 0.1) is 22.1 Å². The fourth-order valence-electron chi connectivity index (χ4n) is 9.97. The maximum Gasteiger partial charge on any atom is 0.106 e. The Morgan fingerprint density at radius 3 is 1.80 bits per heavy atom. The van der Waals surface area contributed by atoms with Crippen molar-refractivity contribution in [1.82, 2.24) is 19.1 Å². The van der Waals surface area contributed by atoms with Crippen LogP contribution in [0.15, 0.2) is 168 Å². The van der Waals surface area contributed by atoms with Gasteiger partial charge < -0.3 is 9.13 Å². The van der Waals surface area contributed by atoms with Crippen molar-refractivity contribution in [2.24, 2.45) is 20.0 Å². The number of fused-ring (bicyclic) bond motifs is 6. The standard InChI is InChI=1S/C52H42N4/c1-31-53-46-26-24-34(28-48(46)55(31)3)36-20-12-22-42-44(36)30-45-37(35-25-27-47-49(29-35)56(4)32(2)54-47)21-13-23-43(45)52(42)51-40-18-10-8-16-38(40)50(33-14-6-5-7-15-33)39-17-9-11-19-41(39)51/h5-20,22-30,36-37,44H,21H2,1-4H3. The molecule has 0 spiro atoms. The maximum absolute atomic E-state index is 4.85. The van der Waals surface area contributed by atoms with Gasteiger partial charge in [0.1, 0.15) is 11.6 Å². The summed E-state index contributed by atoms with van der Waals surface area (Å²) in [6.45, 7) is 4.18. The second kappa shape index (κ2) is 12.5. The minimum atomic E-state index is 0.142. The molecule has 6 aromatic carbocycles. The Morgan fingerprint density at radius 1 is 0.589 bits per heavy atom. The van der Waals surface area contributed by atoms with Crippen LogP contribution in [0.5, 0.6) is 0 Å². The quantitative estimate of drug-likeness (QED) is 0.170. The molecule has 0 saturated heterocycles. The van der Waals surface area contributed by atoms with Crippen LogP contribution < -0.4 is 0 Å². The maximum atomic E-state index is 4.85. The molecule has 0 fully saturated rings. The lowest BCUT2D eigenvalue weighted by atomic mass is 9.64. The van der Waals surface area contributed by atoms with Gasteiger partial charge in [0.15, 0.2) is 0 Å². The third-order valence-corrected chi connectivity index (χ3v) is 12.9. The first-order valence-corrected chi connectivity index (χ1v) is 19.8. The summed E-state index contributed by atoms with van der Waals surface area (Å²) >= 11 is 0. The van der Waals surface area contributed by atoms with Crippen LogP contribution in [0.2, 0.25) is 0 Å². The van der Waals surface area contributed by atoms with Gasteiger partial charge in [-0.05, 0) is 116 Å². The smallest absolute Gasteiger partial charge is 0.106 e. The SMILES string of the molecule is Cc1nc2ccc(C3CC=CC4=C(c5c6ccccc6c(-c6ccccc6)c6ccccc56)C5=CC=CC(c6ccc7nc(C)n(C)c7c6)C5C=C43)cc2n1C. The molecule has 3 atom stereocenters. The predicted molar refractivity (Wildman–Crippen MR) is 233 cm³/mol. The van der Waals surface area contributed by atoms with E-state index in [0.717, 1.165) is 29.1 Å². The van der Waals surface area contributed by atoms with E-state index in [2.05, 4.69) is 189 Å². The summed E-state index contributed by atoms with van der Waals surface area (Å²) < 4.78 is 4.44. The largest absolute Gasteiger partial charge is 0.331 e. The molecule has 0 radical (unpaired) electrons. The van der Waals surface area contributed by atoms with E-state index < -0.39 is 0 Å². The highest BCUT2D eigenvalue weighted by Gasteiger charge is 2.38. The molecule has 3 aliphatic rings. The van der Waals surface area contributed by atoms with E-state index in [1.165, 1.54) is 82.7 Å². The Morgan fingerprint density at radius 2 is 1.16 bits per heavy atom. The topological polar surface area (TPSA) is 35.6 Å². The summed E-state index contributed by atoms with van der Waals surface area (Å²) in [5.74, 6) is 2.57. The van der Waals surface area contributed by atoms with Gasteiger partial charge in [-0.25, -0.2) is 9.97 Å². The van der Waals surface area contributed by atoms with Crippen molar-refractivity contribution in [3.8, 4) is 11.1 Å². The normalized spacial score (nSPS) is 19.2. The highest BCUT2D eigenvalue weighted by Crippen LogP contribution is 2.55. The van der Waals surface area contributed by atoms with Crippen LogP contribution >= 0.6 is 0 Å². The predicted octanol–water partition coefficient (Wildman–Crippen LogP) is 12.4. The summed E-state index contributed by atoms with van der Waals surface area (Å²) in [5.41, 5.74) is 16.4. The van der Waals surface area contributed by atoms with Gasteiger partial charge in [0.2, 0.25) is 0 Å². The van der Waals surface area contributed by atoms with E-state index in [1.54, 1.807) is 0 Å². The average molecular weight is 723 g/mol. The van der Waals surface area contributed by atoms with E-state index in [4.69, 9.17) is 9.97 Å². The molecule has 8 aromatic rings. The molecule has 0 bridgehead atoms. The Bertz CT molecular complexity index is 3050. The molecule has 4 nitrogen and oxygen atoms in total. The minimum absolute atomic E-state index is 0.142. The summed E-state index contributed by atoms with van der Waals surface area (Å²) in [4.78, 5) is 9.70. The molecular weight excluding hydrogens is 681 g/mol. The van der Waals surface area contributed by atoms with Gasteiger partial charge in [-0.2, -0.15) is 0 Å². The molecule has 11 rings (SSSR count). The zero-order valence-corrected chi connectivity index (χ0v) is 32.2. The molecule has 2 aromatic heterocycles. The van der Waals surface area contributed by atoms with Gasteiger partial charge in [-0.3, -0.25) is 0 Å². The van der Waals surface area contributed by atoms with Crippen LogP contribution in [0, 0.1) is 19.8 Å². The highest BCUT2D eigenvalue weighted by molar-refractivity contribution is 6.20. The van der Waals surface area contributed by atoms with E-state index in [-0.39, 0.29) is 17.8 Å². The van der Waals surface area contributed by atoms with Crippen LogP contribution in [0.25, 0.3) is 60.3 Å². The average Bonchev–Trinajstić information content (AvgIpc) is 3.69. The number of imidazole rings is 2. The fraction of sp³-hybridized carbons (Fsp3) is 0.154. The summed E-state index contributed by atoms with van der Waals surface area (Å²) in [5, 5.41) is 5.13. The van der Waals surface area contributed by atoms with Crippen LogP contribution in [-0.2, 0) is 14.1 Å². The first-order valence-electron chi connectivity index (χ1n) is 19.8. The van der Waals surface area contributed by atoms with Crippen molar-refractivity contribution >= 4 is 49.2 Å². The minimum Gasteiger partial charge on any atom is -0.331 e. The highest BCUT2D eigenvalue weighted by atomic mass is 15.1. The Kier molecular flexibility index (Phi) is 7.34. The van der Waals surface area contributed by atoms with Crippen molar-refractivity contribution in [2.75, 3.05) is 0 Å². The molecule has 56 heavy (non-hydrogen) atoms.